The molecule has 0 spiro atoms. The van der Waals surface area contributed by atoms with E-state index in [0.717, 1.165) is 4.90 Å². The molecule has 31 heavy (non-hydrogen) atoms. The van der Waals surface area contributed by atoms with E-state index in [9.17, 15) is 23.2 Å². The summed E-state index contributed by atoms with van der Waals surface area (Å²) in [6.07, 6.45) is 0. The Kier molecular flexibility index (Phi) is 5.09. The van der Waals surface area contributed by atoms with Gasteiger partial charge in [0.1, 0.15) is 17.8 Å². The lowest BCUT2D eigenvalue weighted by atomic mass is 9.92. The minimum Gasteiger partial charge on any atom is -0.454 e. The Bertz CT molecular complexity index is 1050. The Balaban J connectivity index is 1.44. The molecule has 0 saturated carbocycles. The van der Waals surface area contributed by atoms with Crippen LogP contribution < -0.4 is 24.8 Å². The highest BCUT2D eigenvalue weighted by Crippen LogP contribution is 2.34. The molecule has 2 aromatic carbocycles. The number of hydrogen-bond donors (Lipinski definition) is 2. The summed E-state index contributed by atoms with van der Waals surface area (Å²) in [6.45, 7) is -1.94. The van der Waals surface area contributed by atoms with Crippen molar-refractivity contribution >= 4 is 23.5 Å². The second-order valence-electron chi connectivity index (χ2n) is 6.97. The van der Waals surface area contributed by atoms with Crippen molar-refractivity contribution < 1.29 is 37.4 Å². The van der Waals surface area contributed by atoms with Crippen LogP contribution >= 0.6 is 0 Å². The zero-order valence-corrected chi connectivity index (χ0v) is 16.2. The Morgan fingerprint density at radius 2 is 1.90 bits per heavy atom. The number of imide groups is 1. The highest BCUT2D eigenvalue weighted by molar-refractivity contribution is 6.10. The Labute approximate surface area is 174 Å². The number of nitrogens with zero attached hydrogens (tertiary/aromatic N) is 1. The number of fused-ring (bicyclic) bond motifs is 1. The van der Waals surface area contributed by atoms with Crippen molar-refractivity contribution in [3.63, 3.8) is 0 Å². The first kappa shape index (κ1) is 20.4. The molecule has 2 aromatic rings. The molecule has 0 bridgehead atoms. The van der Waals surface area contributed by atoms with Crippen LogP contribution in [-0.4, -0.2) is 42.7 Å². The number of ether oxygens (including phenoxy) is 3. The number of rotatable bonds is 6. The van der Waals surface area contributed by atoms with Crippen molar-refractivity contribution in [2.45, 2.75) is 19.1 Å². The van der Waals surface area contributed by atoms with Crippen LogP contribution in [0.5, 0.6) is 17.2 Å². The molecule has 11 heteroatoms. The lowest BCUT2D eigenvalue weighted by Gasteiger charge is -2.22. The number of nitrogens with one attached hydrogen (secondary N) is 2. The van der Waals surface area contributed by atoms with Gasteiger partial charge in [0.25, 0.3) is 5.91 Å². The molecule has 1 unspecified atom stereocenters. The largest absolute Gasteiger partial charge is 0.454 e. The molecular formula is C20H17F2N3O6. The van der Waals surface area contributed by atoms with Crippen molar-refractivity contribution in [3.8, 4) is 17.2 Å². The van der Waals surface area contributed by atoms with Crippen LogP contribution in [0.3, 0.4) is 0 Å². The van der Waals surface area contributed by atoms with Crippen molar-refractivity contribution in [1.29, 1.82) is 0 Å². The first-order valence-electron chi connectivity index (χ1n) is 9.15. The first-order chi connectivity index (χ1) is 14.8. The average Bonchev–Trinajstić information content (AvgIpc) is 3.26. The van der Waals surface area contributed by atoms with Gasteiger partial charge in [0.2, 0.25) is 12.7 Å². The van der Waals surface area contributed by atoms with Gasteiger partial charge < -0.3 is 24.8 Å². The monoisotopic (exact) mass is 433 g/mol. The molecule has 0 aromatic heterocycles. The molecule has 2 aliphatic heterocycles. The molecule has 1 saturated heterocycles. The summed E-state index contributed by atoms with van der Waals surface area (Å²) in [6, 6.07) is 9.37. The van der Waals surface area contributed by atoms with Gasteiger partial charge in [-0.25, -0.2) is 4.79 Å². The van der Waals surface area contributed by atoms with Crippen LogP contribution in [0.25, 0.3) is 0 Å². The fourth-order valence-corrected chi connectivity index (χ4v) is 3.32. The van der Waals surface area contributed by atoms with E-state index in [2.05, 4.69) is 15.4 Å². The molecule has 9 nitrogen and oxygen atoms in total. The van der Waals surface area contributed by atoms with E-state index in [1.54, 1.807) is 18.2 Å². The molecule has 2 N–H and O–H groups in total. The van der Waals surface area contributed by atoms with Crippen LogP contribution in [0.1, 0.15) is 12.5 Å². The standard InChI is InChI=1S/C20H17F2N3O6/c1-20(11-2-5-13(6-3-11)31-18(21)22)17(27)25(19(28)24-20)9-16(26)23-12-4-7-14-15(8-12)30-10-29-14/h2-8,18H,9-10H2,1H3,(H,23,26)(H,24,28). The smallest absolute Gasteiger partial charge is 0.387 e. The third-order valence-corrected chi connectivity index (χ3v) is 4.89. The zero-order valence-electron chi connectivity index (χ0n) is 16.2. The van der Waals surface area contributed by atoms with Gasteiger partial charge in [-0.3, -0.25) is 14.5 Å². The van der Waals surface area contributed by atoms with Crippen LogP contribution in [0, 0.1) is 0 Å². The summed E-state index contributed by atoms with van der Waals surface area (Å²) in [5.41, 5.74) is -0.690. The van der Waals surface area contributed by atoms with Gasteiger partial charge in [-0.2, -0.15) is 8.78 Å². The normalized spacial score (nSPS) is 19.5. The van der Waals surface area contributed by atoms with E-state index in [1.807, 2.05) is 0 Å². The average molecular weight is 433 g/mol. The number of carbonyl (C=O) groups excluding carboxylic acids is 3. The van der Waals surface area contributed by atoms with Gasteiger partial charge in [0, 0.05) is 11.8 Å². The molecule has 4 amide bonds. The van der Waals surface area contributed by atoms with Crippen LogP contribution in [0.2, 0.25) is 0 Å². The van der Waals surface area contributed by atoms with Crippen LogP contribution in [0.15, 0.2) is 42.5 Å². The minimum atomic E-state index is -2.98. The Morgan fingerprint density at radius 3 is 2.61 bits per heavy atom. The van der Waals surface area contributed by atoms with Gasteiger partial charge >= 0.3 is 12.6 Å². The van der Waals surface area contributed by atoms with Gasteiger partial charge in [-0.05, 0) is 36.8 Å². The second-order valence-corrected chi connectivity index (χ2v) is 6.97. The number of anilines is 1. The summed E-state index contributed by atoms with van der Waals surface area (Å²) in [4.78, 5) is 38.5. The third-order valence-electron chi connectivity index (χ3n) is 4.89. The number of carbonyl (C=O) groups is 3. The lowest BCUT2D eigenvalue weighted by Crippen LogP contribution is -2.42. The summed E-state index contributed by atoms with van der Waals surface area (Å²) in [5.74, 6) is -0.306. The highest BCUT2D eigenvalue weighted by atomic mass is 19.3. The van der Waals surface area contributed by atoms with Gasteiger partial charge in [-0.15, -0.1) is 0 Å². The minimum absolute atomic E-state index is 0.0842. The van der Waals surface area contributed by atoms with E-state index in [4.69, 9.17) is 9.47 Å². The molecule has 1 atom stereocenters. The summed E-state index contributed by atoms with van der Waals surface area (Å²) >= 11 is 0. The molecule has 0 aliphatic carbocycles. The Hall–Kier alpha value is -3.89. The van der Waals surface area contributed by atoms with E-state index < -0.39 is 36.5 Å². The van der Waals surface area contributed by atoms with Crippen molar-refractivity contribution in [2.75, 3.05) is 18.7 Å². The predicted octanol–water partition coefficient (Wildman–Crippen LogP) is 2.42. The maximum atomic E-state index is 12.9. The maximum Gasteiger partial charge on any atom is 0.387 e. The number of urea groups is 1. The molecule has 4 rings (SSSR count). The Morgan fingerprint density at radius 1 is 1.19 bits per heavy atom. The molecule has 1 fully saturated rings. The summed E-state index contributed by atoms with van der Waals surface area (Å²) in [7, 11) is 0. The van der Waals surface area contributed by atoms with Crippen LogP contribution in [0.4, 0.5) is 19.3 Å². The van der Waals surface area contributed by atoms with Gasteiger partial charge in [0.05, 0.1) is 0 Å². The molecular weight excluding hydrogens is 416 g/mol. The quantitative estimate of drug-likeness (QED) is 0.678. The topological polar surface area (TPSA) is 106 Å². The first-order valence-corrected chi connectivity index (χ1v) is 9.15. The lowest BCUT2D eigenvalue weighted by molar-refractivity contribution is -0.133. The van der Waals surface area contributed by atoms with Gasteiger partial charge in [0.15, 0.2) is 11.5 Å². The molecule has 162 valence electrons. The predicted molar refractivity (Wildman–Crippen MR) is 102 cm³/mol. The van der Waals surface area contributed by atoms with Crippen molar-refractivity contribution in [2.24, 2.45) is 0 Å². The van der Waals surface area contributed by atoms with Crippen molar-refractivity contribution in [3.05, 3.63) is 48.0 Å². The summed E-state index contributed by atoms with van der Waals surface area (Å²) in [5, 5.41) is 5.14. The van der Waals surface area contributed by atoms with Crippen molar-refractivity contribution in [1.82, 2.24) is 10.2 Å². The van der Waals surface area contributed by atoms with E-state index >= 15 is 0 Å². The number of alkyl halides is 2. The highest BCUT2D eigenvalue weighted by Gasteiger charge is 2.49. The number of benzene rings is 2. The molecule has 0 radical (unpaired) electrons. The zero-order chi connectivity index (χ0) is 22.2. The SMILES string of the molecule is CC1(c2ccc(OC(F)F)cc2)NC(=O)N(CC(=O)Nc2ccc3c(c2)OCO3)C1=O. The fourth-order valence-electron chi connectivity index (χ4n) is 3.32. The fraction of sp³-hybridized carbons (Fsp3) is 0.250. The third kappa shape index (κ3) is 3.93. The number of amides is 4. The second kappa shape index (κ2) is 7.74. The number of hydrogen-bond acceptors (Lipinski definition) is 6. The van der Waals surface area contributed by atoms with Gasteiger partial charge in [-0.1, -0.05) is 12.1 Å². The van der Waals surface area contributed by atoms with E-state index in [0.29, 0.717) is 22.7 Å². The van der Waals surface area contributed by atoms with E-state index in [1.165, 1.54) is 31.2 Å². The van der Waals surface area contributed by atoms with E-state index in [-0.39, 0.29) is 12.5 Å². The summed E-state index contributed by atoms with van der Waals surface area (Å²) < 4.78 is 39.4. The number of halogens is 2. The molecule has 2 heterocycles. The molecule has 2 aliphatic rings. The maximum absolute atomic E-state index is 12.9. The van der Waals surface area contributed by atoms with Crippen LogP contribution in [-0.2, 0) is 15.1 Å².